The highest BCUT2D eigenvalue weighted by Crippen LogP contribution is 2.37. The first kappa shape index (κ1) is 12.6. The fourth-order valence-corrected chi connectivity index (χ4v) is 1.57. The molecular weight excluding hydrogens is 225 g/mol. The Morgan fingerprint density at radius 3 is 1.92 bits per heavy atom. The van der Waals surface area contributed by atoms with Crippen LogP contribution < -0.4 is 0 Å². The van der Waals surface area contributed by atoms with Crippen LogP contribution in [0.1, 0.15) is 0 Å². The number of halogens is 3. The number of hydrogen-bond donors (Lipinski definition) is 0. The van der Waals surface area contributed by atoms with Gasteiger partial charge in [0.2, 0.25) is 0 Å². The van der Waals surface area contributed by atoms with E-state index in [1.54, 1.807) is 0 Å². The SMILES string of the molecule is C=C(SC(=C)S(C)(=O)=O)C(F)(F)F. The zero-order valence-electron chi connectivity index (χ0n) is 6.68. The predicted molar refractivity (Wildman–Crippen MR) is 46.8 cm³/mol. The van der Waals surface area contributed by atoms with Gasteiger partial charge in [-0.25, -0.2) is 8.42 Å². The van der Waals surface area contributed by atoms with E-state index in [4.69, 9.17) is 0 Å². The monoisotopic (exact) mass is 232 g/mol. The molecule has 0 aliphatic carbocycles. The molecule has 0 fully saturated rings. The maximum absolute atomic E-state index is 11.8. The predicted octanol–water partition coefficient (Wildman–Crippen LogP) is 2.31. The summed E-state index contributed by atoms with van der Waals surface area (Å²) in [4.78, 5) is -1.19. The van der Waals surface area contributed by atoms with Gasteiger partial charge in [-0.1, -0.05) is 24.9 Å². The highest BCUT2D eigenvalue weighted by Gasteiger charge is 2.34. The minimum absolute atomic E-state index is 0.0116. The average molecular weight is 232 g/mol. The fourth-order valence-electron chi connectivity index (χ4n) is 0.271. The largest absolute Gasteiger partial charge is 0.422 e. The lowest BCUT2D eigenvalue weighted by Gasteiger charge is -2.09. The third-order valence-electron chi connectivity index (χ3n) is 0.967. The van der Waals surface area contributed by atoms with Crippen LogP contribution in [0.2, 0.25) is 0 Å². The smallest absolute Gasteiger partial charge is 0.223 e. The van der Waals surface area contributed by atoms with Crippen LogP contribution in [0.3, 0.4) is 0 Å². The molecule has 76 valence electrons. The summed E-state index contributed by atoms with van der Waals surface area (Å²) in [6, 6.07) is 0. The number of sulfone groups is 1. The molecule has 0 bridgehead atoms. The van der Waals surface area contributed by atoms with Crippen molar-refractivity contribution >= 4 is 21.6 Å². The van der Waals surface area contributed by atoms with Gasteiger partial charge in [0.25, 0.3) is 0 Å². The van der Waals surface area contributed by atoms with Crippen molar-refractivity contribution in [2.24, 2.45) is 0 Å². The molecule has 0 aliphatic heterocycles. The van der Waals surface area contributed by atoms with Crippen molar-refractivity contribution in [3.63, 3.8) is 0 Å². The molecule has 0 saturated heterocycles. The summed E-state index contributed by atoms with van der Waals surface area (Å²) in [6.07, 6.45) is -3.82. The van der Waals surface area contributed by atoms with Crippen molar-refractivity contribution in [2.75, 3.05) is 6.26 Å². The normalized spacial score (nSPS) is 12.6. The first-order chi connectivity index (χ1) is 5.55. The molecular formula is C6H7F3O2S2. The second-order valence-electron chi connectivity index (χ2n) is 2.17. The van der Waals surface area contributed by atoms with Crippen molar-refractivity contribution in [3.8, 4) is 0 Å². The summed E-state index contributed by atoms with van der Waals surface area (Å²) in [5.74, 6) is 0. The standard InChI is InChI=1S/C6H7F3O2S2/c1-4(6(7,8)9)12-5(2)13(3,10)11/h1-2H2,3H3. The lowest BCUT2D eigenvalue weighted by atomic mass is 10.6. The molecule has 2 nitrogen and oxygen atoms in total. The Hall–Kier alpha value is -0.430. The van der Waals surface area contributed by atoms with E-state index in [-0.39, 0.29) is 11.8 Å². The molecule has 13 heavy (non-hydrogen) atoms. The van der Waals surface area contributed by atoms with Gasteiger partial charge in [0.05, 0.1) is 9.14 Å². The van der Waals surface area contributed by atoms with E-state index in [0.717, 1.165) is 6.26 Å². The second-order valence-corrected chi connectivity index (χ2v) is 5.65. The van der Waals surface area contributed by atoms with E-state index in [1.807, 2.05) is 0 Å². The van der Waals surface area contributed by atoms with Crippen LogP contribution in [0.25, 0.3) is 0 Å². The maximum Gasteiger partial charge on any atom is 0.422 e. The Bertz CT molecular complexity index is 326. The summed E-state index contributed by atoms with van der Waals surface area (Å²) in [5.41, 5.74) is 0. The van der Waals surface area contributed by atoms with Gasteiger partial charge in [-0.3, -0.25) is 0 Å². The molecule has 0 atom stereocenters. The van der Waals surface area contributed by atoms with Gasteiger partial charge in [0.1, 0.15) is 0 Å². The van der Waals surface area contributed by atoms with Gasteiger partial charge in [0, 0.05) is 6.26 Å². The van der Waals surface area contributed by atoms with E-state index < -0.39 is 25.2 Å². The van der Waals surface area contributed by atoms with E-state index in [1.165, 1.54) is 0 Å². The number of thioether (sulfide) groups is 1. The zero-order valence-corrected chi connectivity index (χ0v) is 8.31. The van der Waals surface area contributed by atoms with E-state index in [9.17, 15) is 21.6 Å². The van der Waals surface area contributed by atoms with Gasteiger partial charge in [0.15, 0.2) is 9.84 Å². The Kier molecular flexibility index (Phi) is 3.62. The molecule has 0 heterocycles. The van der Waals surface area contributed by atoms with Crippen LogP contribution in [-0.4, -0.2) is 20.8 Å². The van der Waals surface area contributed by atoms with Crippen LogP contribution in [0.4, 0.5) is 13.2 Å². The zero-order chi connectivity index (χ0) is 10.9. The molecule has 0 saturated carbocycles. The number of rotatable bonds is 3. The third-order valence-corrected chi connectivity index (χ3v) is 3.66. The van der Waals surface area contributed by atoms with Crippen LogP contribution >= 0.6 is 11.8 Å². The number of allylic oxidation sites excluding steroid dienone is 1. The third kappa shape index (κ3) is 4.37. The summed E-state index contributed by atoms with van der Waals surface area (Å²) in [5, 5.41) is 0. The molecule has 0 aliphatic rings. The minimum atomic E-state index is -4.60. The Morgan fingerprint density at radius 2 is 1.69 bits per heavy atom. The minimum Gasteiger partial charge on any atom is -0.223 e. The Morgan fingerprint density at radius 1 is 1.31 bits per heavy atom. The molecule has 0 aromatic carbocycles. The van der Waals surface area contributed by atoms with Crippen molar-refractivity contribution < 1.29 is 21.6 Å². The Balaban J connectivity index is 4.52. The van der Waals surface area contributed by atoms with Crippen molar-refractivity contribution in [1.82, 2.24) is 0 Å². The quantitative estimate of drug-likeness (QED) is 0.748. The summed E-state index contributed by atoms with van der Waals surface area (Å²) >= 11 is 0.0116. The second kappa shape index (κ2) is 3.75. The molecule has 0 aromatic rings. The van der Waals surface area contributed by atoms with Crippen LogP contribution in [-0.2, 0) is 9.84 Å². The molecule has 0 spiro atoms. The van der Waals surface area contributed by atoms with Crippen molar-refractivity contribution in [2.45, 2.75) is 6.18 Å². The molecule has 0 unspecified atom stereocenters. The molecule has 7 heteroatoms. The highest BCUT2D eigenvalue weighted by molar-refractivity contribution is 8.20. The first-order valence-corrected chi connectivity index (χ1v) is 5.59. The van der Waals surface area contributed by atoms with Crippen LogP contribution in [0.5, 0.6) is 0 Å². The van der Waals surface area contributed by atoms with Gasteiger partial charge < -0.3 is 0 Å². The van der Waals surface area contributed by atoms with Gasteiger partial charge in [-0.2, -0.15) is 13.2 Å². The number of hydrogen-bond acceptors (Lipinski definition) is 3. The highest BCUT2D eigenvalue weighted by atomic mass is 32.3. The van der Waals surface area contributed by atoms with Gasteiger partial charge in [-0.05, 0) is 0 Å². The molecule has 0 aromatic heterocycles. The van der Waals surface area contributed by atoms with Crippen LogP contribution in [0, 0.1) is 0 Å². The average Bonchev–Trinajstić information content (AvgIpc) is 1.82. The van der Waals surface area contributed by atoms with E-state index in [2.05, 4.69) is 13.2 Å². The van der Waals surface area contributed by atoms with Gasteiger partial charge in [-0.15, -0.1) is 0 Å². The molecule has 0 N–H and O–H groups in total. The fraction of sp³-hybridized carbons (Fsp3) is 0.333. The van der Waals surface area contributed by atoms with Crippen molar-refractivity contribution in [1.29, 1.82) is 0 Å². The lowest BCUT2D eigenvalue weighted by Crippen LogP contribution is -2.09. The number of alkyl halides is 3. The Labute approximate surface area is 78.4 Å². The maximum atomic E-state index is 11.8. The summed E-state index contributed by atoms with van der Waals surface area (Å²) in [6.45, 7) is 5.69. The molecule has 0 amide bonds. The lowest BCUT2D eigenvalue weighted by molar-refractivity contribution is -0.0832. The van der Waals surface area contributed by atoms with E-state index in [0.29, 0.717) is 0 Å². The van der Waals surface area contributed by atoms with E-state index >= 15 is 0 Å². The van der Waals surface area contributed by atoms with Crippen molar-refractivity contribution in [3.05, 3.63) is 22.3 Å². The topological polar surface area (TPSA) is 34.1 Å². The first-order valence-electron chi connectivity index (χ1n) is 2.88. The molecule has 0 radical (unpaired) electrons. The van der Waals surface area contributed by atoms with Gasteiger partial charge >= 0.3 is 6.18 Å². The van der Waals surface area contributed by atoms with Crippen LogP contribution in [0.15, 0.2) is 22.3 Å². The summed E-state index contributed by atoms with van der Waals surface area (Å²) < 4.78 is 56.3. The molecule has 0 rings (SSSR count). The summed E-state index contributed by atoms with van der Waals surface area (Å²) in [7, 11) is -3.65.